The van der Waals surface area contributed by atoms with Crippen LogP contribution in [-0.4, -0.2) is 42.1 Å². The summed E-state index contributed by atoms with van der Waals surface area (Å²) in [5.41, 5.74) is 4.53. The summed E-state index contributed by atoms with van der Waals surface area (Å²) < 4.78 is 11.1. The Hall–Kier alpha value is -3.13. The van der Waals surface area contributed by atoms with Crippen molar-refractivity contribution in [1.82, 2.24) is 15.2 Å². The average Bonchev–Trinajstić information content (AvgIpc) is 3.28. The fourth-order valence-corrected chi connectivity index (χ4v) is 6.39. The second kappa shape index (κ2) is 10.6. The first kappa shape index (κ1) is 26.5. The smallest absolute Gasteiger partial charge is 0.254 e. The first-order valence-electron chi connectivity index (χ1n) is 12.6. The molecule has 1 amide bonds. The van der Waals surface area contributed by atoms with Crippen molar-refractivity contribution in [3.05, 3.63) is 75.3 Å². The monoisotopic (exact) mass is 549 g/mol. The lowest BCUT2D eigenvalue weighted by atomic mass is 9.95. The normalized spacial score (nSPS) is 13.5. The van der Waals surface area contributed by atoms with Crippen LogP contribution in [0.2, 0.25) is 5.02 Å². The van der Waals surface area contributed by atoms with Gasteiger partial charge in [0.25, 0.3) is 5.91 Å². The molecule has 2 aromatic carbocycles. The number of hydrogen-bond acceptors (Lipinski definition) is 6. The van der Waals surface area contributed by atoms with E-state index in [1.165, 1.54) is 5.56 Å². The summed E-state index contributed by atoms with van der Waals surface area (Å²) in [4.78, 5) is 22.2. The van der Waals surface area contributed by atoms with Crippen molar-refractivity contribution >= 4 is 39.1 Å². The van der Waals surface area contributed by atoms with E-state index in [2.05, 4.69) is 26.1 Å². The lowest BCUT2D eigenvalue weighted by molar-refractivity contribution is 0.0737. The van der Waals surface area contributed by atoms with Crippen molar-refractivity contribution < 1.29 is 14.3 Å². The lowest BCUT2D eigenvalue weighted by Crippen LogP contribution is -2.35. The molecule has 0 spiro atoms. The van der Waals surface area contributed by atoms with Gasteiger partial charge in [-0.2, -0.15) is 0 Å². The highest BCUT2D eigenvalue weighted by Crippen LogP contribution is 2.46. The van der Waals surface area contributed by atoms with Gasteiger partial charge in [-0.05, 0) is 62.6 Å². The molecule has 0 atom stereocenters. The van der Waals surface area contributed by atoms with Crippen LogP contribution in [0.4, 0.5) is 0 Å². The van der Waals surface area contributed by atoms with Gasteiger partial charge in [-0.15, -0.1) is 11.3 Å². The zero-order chi connectivity index (χ0) is 27.0. The third-order valence-electron chi connectivity index (χ3n) is 6.76. The van der Waals surface area contributed by atoms with Crippen LogP contribution in [0.1, 0.15) is 47.3 Å². The Morgan fingerprint density at radius 3 is 2.53 bits per heavy atom. The molecule has 4 aromatic rings. The highest BCUT2D eigenvalue weighted by molar-refractivity contribution is 7.19. The van der Waals surface area contributed by atoms with Crippen molar-refractivity contribution in [2.45, 2.75) is 45.8 Å². The third kappa shape index (κ3) is 5.10. The average molecular weight is 550 g/mol. The molecule has 1 aliphatic heterocycles. The maximum absolute atomic E-state index is 13.2. The van der Waals surface area contributed by atoms with E-state index in [1.807, 2.05) is 53.4 Å². The lowest BCUT2D eigenvalue weighted by Gasteiger charge is -2.27. The Morgan fingerprint density at radius 2 is 1.84 bits per heavy atom. The number of aromatic nitrogens is 1. The number of rotatable bonds is 6. The molecular weight excluding hydrogens is 518 g/mol. The summed E-state index contributed by atoms with van der Waals surface area (Å²) in [5, 5.41) is 5.22. The number of ether oxygens (including phenoxy) is 2. The molecule has 5 rings (SSSR count). The summed E-state index contributed by atoms with van der Waals surface area (Å²) >= 11 is 8.80. The van der Waals surface area contributed by atoms with E-state index in [-0.39, 0.29) is 11.4 Å². The Labute approximate surface area is 232 Å². The number of nitrogens with one attached hydrogen (secondary N) is 1. The maximum atomic E-state index is 13.2. The predicted octanol–water partition coefficient (Wildman–Crippen LogP) is 6.72. The molecule has 0 fully saturated rings. The van der Waals surface area contributed by atoms with Gasteiger partial charge >= 0.3 is 0 Å². The predicted molar refractivity (Wildman–Crippen MR) is 155 cm³/mol. The van der Waals surface area contributed by atoms with E-state index in [0.29, 0.717) is 41.7 Å². The fraction of sp³-hybridized carbons (Fsp3) is 0.333. The van der Waals surface area contributed by atoms with Gasteiger partial charge < -0.3 is 19.7 Å². The van der Waals surface area contributed by atoms with Gasteiger partial charge in [0.1, 0.15) is 4.83 Å². The molecule has 0 radical (unpaired) electrons. The highest BCUT2D eigenvalue weighted by atomic mass is 35.5. The van der Waals surface area contributed by atoms with Crippen molar-refractivity contribution in [2.75, 3.05) is 20.8 Å². The number of fused-ring (bicyclic) bond motifs is 3. The molecule has 0 bridgehead atoms. The number of methoxy groups -OCH3 is 2. The highest BCUT2D eigenvalue weighted by Gasteiger charge is 2.29. The Balaban J connectivity index is 1.63. The van der Waals surface area contributed by atoms with Crippen LogP contribution in [-0.2, 0) is 19.5 Å². The molecule has 1 aliphatic rings. The van der Waals surface area contributed by atoms with E-state index in [0.717, 1.165) is 38.3 Å². The third-order valence-corrected chi connectivity index (χ3v) is 8.28. The molecule has 0 aliphatic carbocycles. The zero-order valence-electron chi connectivity index (χ0n) is 22.4. The van der Waals surface area contributed by atoms with Gasteiger partial charge in [0.15, 0.2) is 11.5 Å². The van der Waals surface area contributed by atoms with E-state index < -0.39 is 0 Å². The minimum Gasteiger partial charge on any atom is -0.493 e. The molecule has 8 heteroatoms. The number of amides is 1. The summed E-state index contributed by atoms with van der Waals surface area (Å²) in [6.07, 6.45) is 0.742. The second-order valence-corrected chi connectivity index (χ2v) is 11.9. The summed E-state index contributed by atoms with van der Waals surface area (Å²) in [6, 6.07) is 15.4. The minimum absolute atomic E-state index is 0.0508. The molecule has 1 N–H and O–H groups in total. The number of halogens is 1. The molecule has 6 nitrogen and oxygen atoms in total. The molecule has 0 unspecified atom stereocenters. The molecule has 0 saturated carbocycles. The van der Waals surface area contributed by atoms with E-state index >= 15 is 0 Å². The van der Waals surface area contributed by atoms with Gasteiger partial charge in [-0.3, -0.25) is 4.79 Å². The van der Waals surface area contributed by atoms with Gasteiger partial charge in [0.05, 0.1) is 31.5 Å². The standard InChI is InChI=1S/C30H32ClN3O3S/c1-30(2,3)32-16-21-27(31)25(19-11-12-22(36-4)23(15-19)37-5)26-20-13-14-34(17-24(20)38-28(26)33-21)29(35)18-9-7-6-8-10-18/h6-12,15,32H,13-14,16-17H2,1-5H3. The van der Waals surface area contributed by atoms with Gasteiger partial charge in [-0.1, -0.05) is 35.9 Å². The number of nitrogens with zero attached hydrogens (tertiary/aromatic N) is 2. The fourth-order valence-electron chi connectivity index (χ4n) is 4.82. The first-order valence-corrected chi connectivity index (χ1v) is 13.8. The van der Waals surface area contributed by atoms with Crippen LogP contribution in [0.25, 0.3) is 21.3 Å². The Morgan fingerprint density at radius 1 is 1.11 bits per heavy atom. The van der Waals surface area contributed by atoms with Crippen LogP contribution in [0.3, 0.4) is 0 Å². The van der Waals surface area contributed by atoms with Crippen LogP contribution in [0, 0.1) is 0 Å². The van der Waals surface area contributed by atoms with E-state index in [4.69, 9.17) is 26.1 Å². The molecule has 0 saturated heterocycles. The number of thiophene rings is 1. The Bertz CT molecular complexity index is 1490. The van der Waals surface area contributed by atoms with E-state index in [9.17, 15) is 4.79 Å². The van der Waals surface area contributed by atoms with Crippen molar-refractivity contribution in [1.29, 1.82) is 0 Å². The number of carbonyl (C=O) groups excluding carboxylic acids is 1. The van der Waals surface area contributed by atoms with Crippen molar-refractivity contribution in [3.8, 4) is 22.6 Å². The maximum Gasteiger partial charge on any atom is 0.254 e. The van der Waals surface area contributed by atoms with Gasteiger partial charge in [0, 0.05) is 40.0 Å². The molecule has 2 aromatic heterocycles. The summed E-state index contributed by atoms with van der Waals surface area (Å²) in [6.45, 7) is 8.11. The second-order valence-electron chi connectivity index (χ2n) is 10.4. The van der Waals surface area contributed by atoms with Crippen molar-refractivity contribution in [2.24, 2.45) is 0 Å². The zero-order valence-corrected chi connectivity index (χ0v) is 23.9. The topological polar surface area (TPSA) is 63.7 Å². The van der Waals surface area contributed by atoms with Crippen LogP contribution < -0.4 is 14.8 Å². The quantitative estimate of drug-likeness (QED) is 0.289. The van der Waals surface area contributed by atoms with Crippen LogP contribution >= 0.6 is 22.9 Å². The number of carbonyl (C=O) groups is 1. The Kier molecular flexibility index (Phi) is 7.36. The number of pyridine rings is 1. The van der Waals surface area contributed by atoms with Gasteiger partial charge in [0.2, 0.25) is 0 Å². The minimum atomic E-state index is -0.0869. The molecule has 3 heterocycles. The van der Waals surface area contributed by atoms with Crippen LogP contribution in [0.15, 0.2) is 48.5 Å². The molecule has 38 heavy (non-hydrogen) atoms. The largest absolute Gasteiger partial charge is 0.493 e. The first-order chi connectivity index (χ1) is 18.2. The van der Waals surface area contributed by atoms with Crippen molar-refractivity contribution in [3.63, 3.8) is 0 Å². The summed E-state index contributed by atoms with van der Waals surface area (Å²) in [5.74, 6) is 1.36. The number of benzene rings is 2. The SMILES string of the molecule is COc1ccc(-c2c(Cl)c(CNC(C)(C)C)nc3sc4c(c23)CCN(C(=O)c2ccccc2)C4)cc1OC. The van der Waals surface area contributed by atoms with Crippen LogP contribution in [0.5, 0.6) is 11.5 Å². The van der Waals surface area contributed by atoms with E-state index in [1.54, 1.807) is 25.6 Å². The van der Waals surface area contributed by atoms with Gasteiger partial charge in [-0.25, -0.2) is 4.98 Å². The number of hydrogen-bond donors (Lipinski definition) is 1. The molecular formula is C30H32ClN3O3S. The molecule has 198 valence electrons. The summed E-state index contributed by atoms with van der Waals surface area (Å²) in [7, 11) is 3.26.